The van der Waals surface area contributed by atoms with E-state index in [0.29, 0.717) is 91.1 Å². The minimum Gasteiger partial charge on any atom is -0.509 e. The average Bonchev–Trinajstić information content (AvgIpc) is 3.65. The van der Waals surface area contributed by atoms with Crippen molar-refractivity contribution in [1.82, 2.24) is 9.80 Å². The number of fused-ring (bicyclic) bond motifs is 8. The van der Waals surface area contributed by atoms with Gasteiger partial charge in [0.25, 0.3) is 0 Å². The Morgan fingerprint density at radius 3 is 2.65 bits per heavy atom. The second kappa shape index (κ2) is 15.0. The fourth-order valence-corrected chi connectivity index (χ4v) is 20.4. The Bertz CT molecular complexity index is 2930. The Balaban J connectivity index is 1.01. The van der Waals surface area contributed by atoms with Crippen LogP contribution in [0.25, 0.3) is 6.08 Å². The second-order valence-corrected chi connectivity index (χ2v) is 25.6. The molecule has 8 aliphatic heterocycles. The molecular weight excluding hydrogens is 879 g/mol. The highest BCUT2D eigenvalue weighted by Gasteiger charge is 2.93. The molecule has 368 valence electrons. The van der Waals surface area contributed by atoms with Crippen LogP contribution in [0.1, 0.15) is 141 Å². The Labute approximate surface area is 419 Å². The normalized spacial score (nSPS) is 42.6. The van der Waals surface area contributed by atoms with Crippen LogP contribution in [0.4, 0.5) is 0 Å². The number of rotatable bonds is 5. The molecule has 0 amide bonds. The molecule has 0 radical (unpaired) electrons. The quantitative estimate of drug-likeness (QED) is 0.226. The molecule has 3 saturated heterocycles. The number of nitrogens with two attached hydrogens (primary N) is 1. The zero-order chi connectivity index (χ0) is 47.3. The van der Waals surface area contributed by atoms with E-state index in [1.54, 1.807) is 11.3 Å². The number of hydrogen-bond acceptors (Lipinski definition) is 8. The first-order valence-corrected chi connectivity index (χ1v) is 28.6. The smallest absolute Gasteiger partial charge is 0.339 e. The summed E-state index contributed by atoms with van der Waals surface area (Å²) >= 11 is 0. The van der Waals surface area contributed by atoms with Crippen molar-refractivity contribution in [2.45, 2.75) is 146 Å². The summed E-state index contributed by atoms with van der Waals surface area (Å²) in [7, 11) is 0. The molecule has 1 unspecified atom stereocenters. The van der Waals surface area contributed by atoms with Gasteiger partial charge >= 0.3 is 11.9 Å². The fourth-order valence-electron chi connectivity index (χ4n) is 20.4. The van der Waals surface area contributed by atoms with Crippen molar-refractivity contribution in [1.29, 1.82) is 0 Å². The van der Waals surface area contributed by atoms with Gasteiger partial charge in [0.05, 0.1) is 17.0 Å². The van der Waals surface area contributed by atoms with Crippen LogP contribution in [-0.4, -0.2) is 64.6 Å². The minimum absolute atomic E-state index is 0.118. The van der Waals surface area contributed by atoms with Crippen molar-refractivity contribution in [3.05, 3.63) is 134 Å². The highest BCUT2D eigenvalue weighted by Crippen LogP contribution is 2.87. The van der Waals surface area contributed by atoms with Gasteiger partial charge in [-0.3, -0.25) is 9.69 Å². The first-order valence-electron chi connectivity index (χ1n) is 28.6. The molecule has 71 heavy (non-hydrogen) atoms. The van der Waals surface area contributed by atoms with Gasteiger partial charge in [0.15, 0.2) is 11.4 Å². The van der Waals surface area contributed by atoms with Gasteiger partial charge in [-0.25, -0.2) is 4.79 Å². The maximum atomic E-state index is 16.5. The number of hydrogen-bond donors (Lipinski definition) is 2. The Kier molecular flexibility index (Phi) is 9.04. The van der Waals surface area contributed by atoms with Crippen molar-refractivity contribution >= 4 is 18.0 Å². The van der Waals surface area contributed by atoms with Crippen LogP contribution in [0, 0.1) is 64.1 Å². The van der Waals surface area contributed by atoms with Crippen molar-refractivity contribution in [3.8, 4) is 0 Å². The molecule has 2 aromatic rings. The van der Waals surface area contributed by atoms with Gasteiger partial charge in [0.1, 0.15) is 11.2 Å². The molecule has 2 saturated carbocycles. The van der Waals surface area contributed by atoms with E-state index in [-0.39, 0.29) is 35.6 Å². The van der Waals surface area contributed by atoms with Crippen LogP contribution in [0.2, 0.25) is 0 Å². The SMILES string of the molecule is C[C@@H]1CC2=C3[C@H]4C5=C6C=C(Cc7cccc8c7C=C[C@H](CC8)C[C@H]7[C@]68C(=O)OC(=C(O)C[C@H](CC6CCCCC6)N6C[C@H]9C[C@@H](C6)[C@@H]6C=C[C@@H]2C[C@H]9N36)[C@@]8(CC5)[C@]72OC(=O)c3c(CCCN)cccc32)[C@@H]41. The highest BCUT2D eigenvalue weighted by atomic mass is 16.6. The van der Waals surface area contributed by atoms with Crippen molar-refractivity contribution in [2.24, 2.45) is 69.8 Å². The summed E-state index contributed by atoms with van der Waals surface area (Å²) in [5.74, 6) is 2.85. The molecule has 14 bridgehead atoms. The van der Waals surface area contributed by atoms with E-state index < -0.39 is 22.3 Å². The predicted octanol–water partition coefficient (Wildman–Crippen LogP) is 11.0. The van der Waals surface area contributed by atoms with Crippen LogP contribution in [-0.2, 0) is 39.1 Å². The van der Waals surface area contributed by atoms with Gasteiger partial charge in [-0.1, -0.05) is 117 Å². The minimum atomic E-state index is -1.21. The van der Waals surface area contributed by atoms with Crippen LogP contribution < -0.4 is 5.73 Å². The number of benzene rings is 2. The summed E-state index contributed by atoms with van der Waals surface area (Å²) in [6.07, 6.45) is 30.4. The summed E-state index contributed by atoms with van der Waals surface area (Å²) in [6, 6.07) is 14.3. The molecule has 0 aromatic heterocycles. The molecule has 2 aromatic carbocycles. The maximum absolute atomic E-state index is 16.5. The number of ether oxygens (including phenoxy) is 2. The third-order valence-electron chi connectivity index (χ3n) is 22.8. The predicted molar refractivity (Wildman–Crippen MR) is 272 cm³/mol. The largest absolute Gasteiger partial charge is 0.509 e. The molecule has 3 N–H and O–H groups in total. The topological polar surface area (TPSA) is 105 Å². The number of esters is 2. The van der Waals surface area contributed by atoms with Gasteiger partial charge in [-0.05, 0) is 153 Å². The zero-order valence-corrected chi connectivity index (χ0v) is 41.7. The third-order valence-corrected chi connectivity index (χ3v) is 22.8. The summed E-state index contributed by atoms with van der Waals surface area (Å²) in [6.45, 7) is 5.15. The summed E-state index contributed by atoms with van der Waals surface area (Å²) < 4.78 is 14.6. The number of carbonyl (C=O) groups is 2. The van der Waals surface area contributed by atoms with Gasteiger partial charge in [0.2, 0.25) is 0 Å². The summed E-state index contributed by atoms with van der Waals surface area (Å²) in [5, 5.41) is 13.6. The molecule has 5 fully saturated rings. The number of allylic oxidation sites excluding steroid dienone is 6. The van der Waals surface area contributed by atoms with E-state index in [1.165, 1.54) is 72.8 Å². The van der Waals surface area contributed by atoms with Crippen LogP contribution in [0.15, 0.2) is 100 Å². The first-order chi connectivity index (χ1) is 34.7. The van der Waals surface area contributed by atoms with Crippen molar-refractivity contribution in [2.75, 3.05) is 19.6 Å². The van der Waals surface area contributed by atoms with Gasteiger partial charge < -0.3 is 25.2 Å². The molecule has 3 spiro atoms. The number of carbonyl (C=O) groups excluding carboxylic acids is 2. The lowest BCUT2D eigenvalue weighted by atomic mass is 9.28. The first kappa shape index (κ1) is 42.8. The monoisotopic (exact) mass is 950 g/mol. The van der Waals surface area contributed by atoms with E-state index >= 15 is 9.59 Å². The van der Waals surface area contributed by atoms with Crippen molar-refractivity contribution in [3.63, 3.8) is 0 Å². The zero-order valence-electron chi connectivity index (χ0n) is 41.7. The van der Waals surface area contributed by atoms with Crippen LogP contribution >= 0.6 is 0 Å². The number of aliphatic hydroxyl groups is 1. The van der Waals surface area contributed by atoms with Gasteiger partial charge in [-0.15, -0.1) is 0 Å². The summed E-state index contributed by atoms with van der Waals surface area (Å²) in [5.41, 5.74) is 16.7. The van der Waals surface area contributed by atoms with Crippen molar-refractivity contribution < 1.29 is 24.2 Å². The standard InChI is InChI=1S/C63H71N3O5/c1-34-24-47-40-18-20-50-42-28-43-33-65(32-42)44(25-35-8-3-2-4-9-35)31-52(67)58-61-22-21-46-49-29-41(54(34)56(46)57(47)66(50)51(43)30-40)27-39-12-5-10-37-17-15-36(16-19-45(37)39)26-53(62(49,61)60(69)70-58)63(61)48-14-6-11-38(13-7-23-64)55(48)59(68)71-63/h5-6,10-12,14,16,18-20,29,34-36,40,42-44,50-51,53-54,56,67H,2-4,7-9,13,15,17,21-28,30-33,64H2,1H3/t34-,36+,40-,42+,43-,44+,50+,51-,53+,54+,56+,61-,62+,63-/m1/s1. The lowest BCUT2D eigenvalue weighted by molar-refractivity contribution is -0.277. The van der Waals surface area contributed by atoms with Crippen LogP contribution in [0.3, 0.4) is 0 Å². The molecule has 8 heterocycles. The lowest BCUT2D eigenvalue weighted by Crippen LogP contribution is -2.77. The summed E-state index contributed by atoms with van der Waals surface area (Å²) in [4.78, 5) is 37.7. The molecular formula is C63H71N3O5. The fraction of sp³-hybridized carbons (Fsp3) is 0.587. The molecule has 15 atom stereocenters. The van der Waals surface area contributed by atoms with Gasteiger partial charge in [-0.2, -0.15) is 0 Å². The van der Waals surface area contributed by atoms with Crippen LogP contribution in [0.5, 0.6) is 0 Å². The second-order valence-electron chi connectivity index (χ2n) is 25.6. The van der Waals surface area contributed by atoms with E-state index in [1.807, 2.05) is 0 Å². The van der Waals surface area contributed by atoms with E-state index in [2.05, 4.69) is 83.5 Å². The number of aliphatic hydroxyl groups excluding tert-OH is 1. The van der Waals surface area contributed by atoms with Gasteiger partial charge in [0, 0.05) is 60.6 Å². The van der Waals surface area contributed by atoms with E-state index in [4.69, 9.17) is 15.2 Å². The molecule has 8 nitrogen and oxygen atoms in total. The number of nitrogens with zero attached hydrogens (tertiary/aromatic N) is 2. The number of aryl methyl sites for hydroxylation is 2. The third kappa shape index (κ3) is 5.26. The Hall–Kier alpha value is -4.66. The Morgan fingerprint density at radius 2 is 1.76 bits per heavy atom. The van der Waals surface area contributed by atoms with E-state index in [9.17, 15) is 5.11 Å². The molecule has 17 rings (SSSR count). The molecule has 15 aliphatic rings. The highest BCUT2D eigenvalue weighted by molar-refractivity contribution is 6.00. The maximum Gasteiger partial charge on any atom is 0.339 e. The Morgan fingerprint density at radius 1 is 0.901 bits per heavy atom. The molecule has 8 heteroatoms. The molecule has 7 aliphatic carbocycles. The van der Waals surface area contributed by atoms with E-state index in [0.717, 1.165) is 74.7 Å². The number of piperidine rings is 2. The lowest BCUT2D eigenvalue weighted by Gasteiger charge is -2.71. The average molecular weight is 950 g/mol.